The zero-order chi connectivity index (χ0) is 17.8. The molecule has 1 fully saturated rings. The largest absolute Gasteiger partial charge is 0.480 e. The van der Waals surface area contributed by atoms with Gasteiger partial charge >= 0.3 is 5.97 Å². The minimum Gasteiger partial charge on any atom is -0.480 e. The first kappa shape index (κ1) is 17.2. The quantitative estimate of drug-likeness (QED) is 0.877. The Balaban J connectivity index is 1.87. The molecule has 1 aromatic carbocycles. The maximum atomic E-state index is 12.8. The number of hydrogen-bond acceptors (Lipinski definition) is 4. The van der Waals surface area contributed by atoms with Gasteiger partial charge in [-0.05, 0) is 25.0 Å². The number of hydrogen-bond donors (Lipinski definition) is 1. The molecule has 132 valence electrons. The molecule has 1 amide bonds. The lowest BCUT2D eigenvalue weighted by Crippen LogP contribution is -2.47. The number of nitrogens with zero attached hydrogens (tertiary/aromatic N) is 2. The van der Waals surface area contributed by atoms with E-state index in [1.807, 2.05) is 0 Å². The van der Waals surface area contributed by atoms with Gasteiger partial charge in [-0.2, -0.15) is 0 Å². The SMILES string of the molecule is O=C(O)CN(C(=O)Cn1ccc(=O)c2ccccc21)C1CCOCC1. The molecule has 0 atom stereocenters. The normalized spacial score (nSPS) is 15.2. The van der Waals surface area contributed by atoms with E-state index in [2.05, 4.69) is 0 Å². The van der Waals surface area contributed by atoms with Crippen molar-refractivity contribution in [2.24, 2.45) is 0 Å². The highest BCUT2D eigenvalue weighted by molar-refractivity contribution is 5.84. The van der Waals surface area contributed by atoms with Crippen molar-refractivity contribution in [1.29, 1.82) is 0 Å². The Morgan fingerprint density at radius 1 is 1.20 bits per heavy atom. The number of carbonyl (C=O) groups is 2. The van der Waals surface area contributed by atoms with E-state index in [0.29, 0.717) is 37.0 Å². The van der Waals surface area contributed by atoms with Crippen LogP contribution in [-0.4, -0.2) is 52.3 Å². The summed E-state index contributed by atoms with van der Waals surface area (Å²) in [6, 6.07) is 8.35. The van der Waals surface area contributed by atoms with Gasteiger partial charge in [0.1, 0.15) is 13.1 Å². The van der Waals surface area contributed by atoms with Gasteiger partial charge in [0, 0.05) is 36.9 Å². The van der Waals surface area contributed by atoms with Crippen LogP contribution in [0.5, 0.6) is 0 Å². The van der Waals surface area contributed by atoms with E-state index in [1.54, 1.807) is 35.0 Å². The molecule has 25 heavy (non-hydrogen) atoms. The van der Waals surface area contributed by atoms with E-state index < -0.39 is 5.97 Å². The number of benzene rings is 1. The van der Waals surface area contributed by atoms with Crippen molar-refractivity contribution in [2.75, 3.05) is 19.8 Å². The highest BCUT2D eigenvalue weighted by Crippen LogP contribution is 2.16. The summed E-state index contributed by atoms with van der Waals surface area (Å²) in [5.74, 6) is -1.31. The number of carboxylic acid groups (broad SMARTS) is 1. The van der Waals surface area contributed by atoms with Crippen LogP contribution in [0.15, 0.2) is 41.3 Å². The van der Waals surface area contributed by atoms with Crippen LogP contribution in [-0.2, 0) is 20.9 Å². The van der Waals surface area contributed by atoms with Gasteiger partial charge in [0.15, 0.2) is 5.43 Å². The van der Waals surface area contributed by atoms with E-state index in [1.165, 1.54) is 11.0 Å². The van der Waals surface area contributed by atoms with Gasteiger partial charge in [-0.1, -0.05) is 12.1 Å². The number of rotatable bonds is 5. The fourth-order valence-corrected chi connectivity index (χ4v) is 3.20. The summed E-state index contributed by atoms with van der Waals surface area (Å²) in [6.45, 7) is 0.705. The molecular formula is C18H20N2O5. The first-order valence-corrected chi connectivity index (χ1v) is 8.23. The Kier molecular flexibility index (Phi) is 5.14. The van der Waals surface area contributed by atoms with Crippen LogP contribution in [0.25, 0.3) is 10.9 Å². The molecule has 1 aliphatic rings. The third kappa shape index (κ3) is 3.88. The van der Waals surface area contributed by atoms with Crippen LogP contribution in [0.1, 0.15) is 12.8 Å². The molecule has 7 heteroatoms. The smallest absolute Gasteiger partial charge is 0.323 e. The van der Waals surface area contributed by atoms with Crippen LogP contribution in [0.2, 0.25) is 0 Å². The van der Waals surface area contributed by atoms with Gasteiger partial charge in [0.2, 0.25) is 5.91 Å². The maximum Gasteiger partial charge on any atom is 0.323 e. The van der Waals surface area contributed by atoms with Gasteiger partial charge in [-0.3, -0.25) is 14.4 Å². The van der Waals surface area contributed by atoms with Gasteiger partial charge < -0.3 is 19.3 Å². The summed E-state index contributed by atoms with van der Waals surface area (Å²) in [7, 11) is 0. The van der Waals surface area contributed by atoms with Crippen LogP contribution in [0.4, 0.5) is 0 Å². The van der Waals surface area contributed by atoms with Crippen molar-refractivity contribution in [2.45, 2.75) is 25.4 Å². The number of para-hydroxylation sites is 1. The maximum absolute atomic E-state index is 12.8. The standard InChI is InChI=1S/C18H20N2O5/c21-16-5-8-19(15-4-2-1-3-14(15)16)11-17(22)20(12-18(23)24)13-6-9-25-10-7-13/h1-5,8,13H,6-7,9-12H2,(H,23,24). The summed E-state index contributed by atoms with van der Waals surface area (Å²) >= 11 is 0. The molecule has 1 aliphatic heterocycles. The number of pyridine rings is 1. The molecule has 0 aliphatic carbocycles. The van der Waals surface area contributed by atoms with Gasteiger partial charge in [-0.25, -0.2) is 0 Å². The Bertz CT molecular complexity index is 839. The monoisotopic (exact) mass is 344 g/mol. The van der Waals surface area contributed by atoms with E-state index in [9.17, 15) is 14.4 Å². The van der Waals surface area contributed by atoms with E-state index >= 15 is 0 Å². The fraction of sp³-hybridized carbons (Fsp3) is 0.389. The Morgan fingerprint density at radius 3 is 2.64 bits per heavy atom. The predicted molar refractivity (Wildman–Crippen MR) is 91.4 cm³/mol. The van der Waals surface area contributed by atoms with Gasteiger partial charge in [-0.15, -0.1) is 0 Å². The number of amides is 1. The first-order chi connectivity index (χ1) is 12.1. The summed E-state index contributed by atoms with van der Waals surface area (Å²) in [4.78, 5) is 37.3. The minimum absolute atomic E-state index is 0.00850. The van der Waals surface area contributed by atoms with Crippen LogP contribution in [0, 0.1) is 0 Å². The number of carboxylic acids is 1. The molecule has 0 radical (unpaired) electrons. The van der Waals surface area contributed by atoms with Crippen molar-refractivity contribution >= 4 is 22.8 Å². The Morgan fingerprint density at radius 2 is 1.92 bits per heavy atom. The number of carbonyl (C=O) groups excluding carboxylic acids is 1. The molecule has 1 saturated heterocycles. The van der Waals surface area contributed by atoms with Gasteiger partial charge in [0.05, 0.1) is 5.52 Å². The number of fused-ring (bicyclic) bond motifs is 1. The Labute approximate surface area is 144 Å². The van der Waals surface area contributed by atoms with Crippen LogP contribution >= 0.6 is 0 Å². The van der Waals surface area contributed by atoms with Crippen molar-refractivity contribution in [3.63, 3.8) is 0 Å². The molecule has 0 unspecified atom stereocenters. The highest BCUT2D eigenvalue weighted by atomic mass is 16.5. The third-order valence-corrected chi connectivity index (χ3v) is 4.45. The number of aromatic nitrogens is 1. The van der Waals surface area contributed by atoms with Crippen LogP contribution < -0.4 is 5.43 Å². The highest BCUT2D eigenvalue weighted by Gasteiger charge is 2.27. The lowest BCUT2D eigenvalue weighted by atomic mass is 10.1. The fourth-order valence-electron chi connectivity index (χ4n) is 3.20. The van der Waals surface area contributed by atoms with Crippen molar-refractivity contribution in [3.05, 3.63) is 46.8 Å². The average Bonchev–Trinajstić information content (AvgIpc) is 2.63. The van der Waals surface area contributed by atoms with E-state index in [0.717, 1.165) is 0 Å². The summed E-state index contributed by atoms with van der Waals surface area (Å²) < 4.78 is 6.99. The molecular weight excluding hydrogens is 324 g/mol. The lowest BCUT2D eigenvalue weighted by molar-refractivity contribution is -0.148. The first-order valence-electron chi connectivity index (χ1n) is 8.23. The van der Waals surface area contributed by atoms with E-state index in [4.69, 9.17) is 9.84 Å². The molecule has 0 spiro atoms. The second-order valence-corrected chi connectivity index (χ2v) is 6.08. The van der Waals surface area contributed by atoms with Crippen molar-refractivity contribution in [3.8, 4) is 0 Å². The lowest BCUT2D eigenvalue weighted by Gasteiger charge is -2.33. The minimum atomic E-state index is -1.04. The average molecular weight is 344 g/mol. The van der Waals surface area contributed by atoms with Crippen molar-refractivity contribution in [1.82, 2.24) is 9.47 Å². The second-order valence-electron chi connectivity index (χ2n) is 6.08. The molecule has 2 heterocycles. The Hall–Kier alpha value is -2.67. The summed E-state index contributed by atoms with van der Waals surface area (Å²) in [5.41, 5.74) is 0.553. The molecule has 1 N–H and O–H groups in total. The zero-order valence-corrected chi connectivity index (χ0v) is 13.8. The molecule has 0 saturated carbocycles. The number of ether oxygens (including phenoxy) is 1. The summed E-state index contributed by atoms with van der Waals surface area (Å²) in [5, 5.41) is 9.70. The van der Waals surface area contributed by atoms with Crippen molar-refractivity contribution < 1.29 is 19.4 Å². The second kappa shape index (κ2) is 7.48. The van der Waals surface area contributed by atoms with Gasteiger partial charge in [0.25, 0.3) is 0 Å². The number of aliphatic carboxylic acids is 1. The topological polar surface area (TPSA) is 88.8 Å². The zero-order valence-electron chi connectivity index (χ0n) is 13.8. The van der Waals surface area contributed by atoms with E-state index in [-0.39, 0.29) is 30.5 Å². The molecule has 0 bridgehead atoms. The summed E-state index contributed by atoms with van der Waals surface area (Å²) in [6.07, 6.45) is 2.83. The molecule has 7 nitrogen and oxygen atoms in total. The molecule has 2 aromatic rings. The predicted octanol–water partition coefficient (Wildman–Crippen LogP) is 1.09. The third-order valence-electron chi connectivity index (χ3n) is 4.45. The van der Waals surface area contributed by atoms with Crippen LogP contribution in [0.3, 0.4) is 0 Å². The molecule has 1 aromatic heterocycles. The molecule has 3 rings (SSSR count).